The Morgan fingerprint density at radius 3 is 3.00 bits per heavy atom. The van der Waals surface area contributed by atoms with Gasteiger partial charge in [-0.3, -0.25) is 4.98 Å². The summed E-state index contributed by atoms with van der Waals surface area (Å²) in [5.41, 5.74) is 7.90. The third-order valence-corrected chi connectivity index (χ3v) is 5.17. The van der Waals surface area contributed by atoms with Crippen molar-refractivity contribution in [1.82, 2.24) is 9.97 Å². The van der Waals surface area contributed by atoms with E-state index in [2.05, 4.69) is 40.8 Å². The third-order valence-electron chi connectivity index (χ3n) is 5.17. The zero-order valence-corrected chi connectivity index (χ0v) is 14.1. The molecule has 0 spiro atoms. The van der Waals surface area contributed by atoms with E-state index in [0.29, 0.717) is 5.92 Å². The van der Waals surface area contributed by atoms with Crippen LogP contribution in [-0.4, -0.2) is 29.7 Å². The second-order valence-corrected chi connectivity index (χ2v) is 6.93. The molecule has 1 atom stereocenters. The number of H-pyrrole nitrogens is 1. The molecule has 4 nitrogen and oxygen atoms in total. The lowest BCUT2D eigenvalue weighted by Gasteiger charge is -2.30. The first-order valence-electron chi connectivity index (χ1n) is 8.67. The number of rotatable bonds is 2. The van der Waals surface area contributed by atoms with Crippen molar-refractivity contribution in [2.24, 2.45) is 0 Å². The third kappa shape index (κ3) is 2.88. The second-order valence-electron chi connectivity index (χ2n) is 6.93. The number of aromatic nitrogens is 2. The summed E-state index contributed by atoms with van der Waals surface area (Å²) >= 11 is 0. The van der Waals surface area contributed by atoms with Gasteiger partial charge in [-0.15, -0.1) is 0 Å². The molecule has 0 bridgehead atoms. The normalized spacial score (nSPS) is 21.3. The van der Waals surface area contributed by atoms with Crippen molar-refractivity contribution in [3.63, 3.8) is 0 Å². The molecule has 1 N–H and O–H groups in total. The fourth-order valence-corrected chi connectivity index (χ4v) is 3.89. The molecule has 4 rings (SSSR count). The van der Waals surface area contributed by atoms with Gasteiger partial charge in [-0.05, 0) is 49.9 Å². The van der Waals surface area contributed by atoms with E-state index >= 15 is 0 Å². The first kappa shape index (κ1) is 14.8. The van der Waals surface area contributed by atoms with E-state index in [1.165, 1.54) is 41.0 Å². The molecule has 122 valence electrons. The molecule has 0 aliphatic carbocycles. The lowest BCUT2D eigenvalue weighted by molar-refractivity contribution is 0.0794. The number of aromatic amines is 1. The van der Waals surface area contributed by atoms with Crippen LogP contribution in [0.25, 0.3) is 0 Å². The van der Waals surface area contributed by atoms with Gasteiger partial charge in [-0.1, -0.05) is 0 Å². The zero-order valence-electron chi connectivity index (χ0n) is 14.1. The minimum absolute atomic E-state index is 0.547. The van der Waals surface area contributed by atoms with Crippen molar-refractivity contribution in [1.29, 1.82) is 0 Å². The van der Waals surface area contributed by atoms with Gasteiger partial charge in [0.25, 0.3) is 0 Å². The molecule has 1 saturated heterocycles. The van der Waals surface area contributed by atoms with Crippen molar-refractivity contribution >= 4 is 5.69 Å². The molecule has 1 fully saturated rings. The molecule has 4 heterocycles. The van der Waals surface area contributed by atoms with Gasteiger partial charge in [0.15, 0.2) is 0 Å². The van der Waals surface area contributed by atoms with Crippen LogP contribution in [0.4, 0.5) is 5.69 Å². The molecule has 0 aromatic carbocycles. The zero-order chi connectivity index (χ0) is 15.8. The van der Waals surface area contributed by atoms with Crippen LogP contribution in [0.3, 0.4) is 0 Å². The lowest BCUT2D eigenvalue weighted by atomic mass is 9.98. The number of hydrogen-bond acceptors (Lipinski definition) is 3. The molecule has 23 heavy (non-hydrogen) atoms. The Morgan fingerprint density at radius 1 is 1.30 bits per heavy atom. The van der Waals surface area contributed by atoms with Crippen molar-refractivity contribution in [2.45, 2.75) is 45.6 Å². The largest absolute Gasteiger partial charge is 0.381 e. The van der Waals surface area contributed by atoms with Crippen molar-refractivity contribution in [3.05, 3.63) is 46.5 Å². The summed E-state index contributed by atoms with van der Waals surface area (Å²) in [5, 5.41) is 0. The van der Waals surface area contributed by atoms with Crippen molar-refractivity contribution in [2.75, 3.05) is 24.7 Å². The van der Waals surface area contributed by atoms with Crippen LogP contribution < -0.4 is 4.90 Å². The number of aryl methyl sites for hydroxylation is 2. The smallest absolute Gasteiger partial charge is 0.0585 e. The van der Waals surface area contributed by atoms with E-state index in [-0.39, 0.29) is 0 Å². The molecular formula is C19H25N3O. The monoisotopic (exact) mass is 311 g/mol. The van der Waals surface area contributed by atoms with Crippen LogP contribution in [-0.2, 0) is 17.7 Å². The van der Waals surface area contributed by atoms with Crippen LogP contribution in [0.1, 0.15) is 47.0 Å². The molecule has 4 heteroatoms. The Kier molecular flexibility index (Phi) is 3.85. The summed E-state index contributed by atoms with van der Waals surface area (Å²) in [6.07, 6.45) is 5.52. The number of fused-ring (bicyclic) bond motifs is 1. The Bertz CT molecular complexity index is 701. The molecule has 2 aromatic heterocycles. The number of nitrogens with one attached hydrogen (secondary N) is 1. The number of ether oxygens (including phenoxy) is 1. The maximum absolute atomic E-state index is 5.65. The topological polar surface area (TPSA) is 41.2 Å². The number of pyridine rings is 1. The molecule has 2 aromatic rings. The van der Waals surface area contributed by atoms with Crippen LogP contribution >= 0.6 is 0 Å². The summed E-state index contributed by atoms with van der Waals surface area (Å²) in [6, 6.07) is 4.55. The van der Waals surface area contributed by atoms with Crippen LogP contribution in [0, 0.1) is 13.8 Å². The summed E-state index contributed by atoms with van der Waals surface area (Å²) in [4.78, 5) is 10.6. The lowest BCUT2D eigenvalue weighted by Crippen LogP contribution is -2.30. The van der Waals surface area contributed by atoms with E-state index in [9.17, 15) is 0 Å². The van der Waals surface area contributed by atoms with Gasteiger partial charge in [0.1, 0.15) is 0 Å². The van der Waals surface area contributed by atoms with Gasteiger partial charge in [0, 0.05) is 49.1 Å². The van der Waals surface area contributed by atoms with E-state index in [4.69, 9.17) is 4.74 Å². The Labute approximate surface area is 137 Å². The average molecular weight is 311 g/mol. The fraction of sp³-hybridized carbons (Fsp3) is 0.526. The van der Waals surface area contributed by atoms with Gasteiger partial charge < -0.3 is 14.6 Å². The first-order chi connectivity index (χ1) is 11.2. The van der Waals surface area contributed by atoms with E-state index in [0.717, 1.165) is 38.4 Å². The molecule has 2 aliphatic rings. The minimum Gasteiger partial charge on any atom is -0.381 e. The number of anilines is 1. The average Bonchev–Trinajstić information content (AvgIpc) is 2.99. The Morgan fingerprint density at radius 2 is 2.22 bits per heavy atom. The first-order valence-corrected chi connectivity index (χ1v) is 8.67. The minimum atomic E-state index is 0.547. The maximum atomic E-state index is 5.65. The molecule has 2 aliphatic heterocycles. The van der Waals surface area contributed by atoms with Gasteiger partial charge in [-0.25, -0.2) is 0 Å². The molecule has 1 unspecified atom stereocenters. The fourth-order valence-electron chi connectivity index (χ4n) is 3.89. The Hall–Kier alpha value is -1.81. The van der Waals surface area contributed by atoms with E-state index in [1.807, 2.05) is 6.20 Å². The van der Waals surface area contributed by atoms with Crippen molar-refractivity contribution < 1.29 is 4.74 Å². The highest BCUT2D eigenvalue weighted by atomic mass is 16.5. The van der Waals surface area contributed by atoms with Gasteiger partial charge in [-0.2, -0.15) is 0 Å². The van der Waals surface area contributed by atoms with Gasteiger partial charge >= 0.3 is 0 Å². The van der Waals surface area contributed by atoms with Gasteiger partial charge in [0.2, 0.25) is 0 Å². The summed E-state index contributed by atoms with van der Waals surface area (Å²) in [6.45, 7) is 8.05. The quantitative estimate of drug-likeness (QED) is 0.923. The summed E-state index contributed by atoms with van der Waals surface area (Å²) in [7, 11) is 0. The number of hydrogen-bond donors (Lipinski definition) is 1. The molecular weight excluding hydrogens is 286 g/mol. The Balaban J connectivity index is 1.56. The predicted octanol–water partition coefficient (Wildman–Crippen LogP) is 3.48. The standard InChI is InChI=1S/C19H25N3O/c1-13-8-14(2)20-10-19(13)22-6-5-17-16(11-22)9-18(21-17)15-4-3-7-23-12-15/h8-10,15,21H,3-7,11-12H2,1-2H3. The van der Waals surface area contributed by atoms with Crippen LogP contribution in [0.2, 0.25) is 0 Å². The molecule has 0 saturated carbocycles. The van der Waals surface area contributed by atoms with E-state index in [1.54, 1.807) is 0 Å². The van der Waals surface area contributed by atoms with E-state index < -0.39 is 0 Å². The SMILES string of the molecule is Cc1cc(C)c(N2CCc3[nH]c(C4CCCOC4)cc3C2)cn1. The summed E-state index contributed by atoms with van der Waals surface area (Å²) < 4.78 is 5.65. The predicted molar refractivity (Wildman–Crippen MR) is 92.1 cm³/mol. The second kappa shape index (κ2) is 6.00. The number of nitrogens with zero attached hydrogens (tertiary/aromatic N) is 2. The van der Waals surface area contributed by atoms with Crippen LogP contribution in [0.5, 0.6) is 0 Å². The van der Waals surface area contributed by atoms with Gasteiger partial charge in [0.05, 0.1) is 18.5 Å². The maximum Gasteiger partial charge on any atom is 0.0585 e. The van der Waals surface area contributed by atoms with Crippen LogP contribution in [0.15, 0.2) is 18.3 Å². The highest BCUT2D eigenvalue weighted by molar-refractivity contribution is 5.54. The summed E-state index contributed by atoms with van der Waals surface area (Å²) in [5.74, 6) is 0.547. The van der Waals surface area contributed by atoms with Crippen molar-refractivity contribution in [3.8, 4) is 0 Å². The highest BCUT2D eigenvalue weighted by Crippen LogP contribution is 2.31. The highest BCUT2D eigenvalue weighted by Gasteiger charge is 2.24. The molecule has 0 radical (unpaired) electrons. The molecule has 0 amide bonds.